The van der Waals surface area contributed by atoms with Crippen molar-refractivity contribution >= 4 is 56.4 Å². The maximum atomic E-state index is 13.1. The highest BCUT2D eigenvalue weighted by atomic mass is 35.5. The molecule has 0 amide bonds. The molecular weight excluding hydrogens is 516 g/mol. The molecule has 6 heterocycles. The molecule has 7 rings (SSSR count). The fourth-order valence-electron chi connectivity index (χ4n) is 6.58. The van der Waals surface area contributed by atoms with Gasteiger partial charge in [0.05, 0.1) is 22.3 Å². The predicted octanol–water partition coefficient (Wildman–Crippen LogP) is 4.53. The van der Waals surface area contributed by atoms with Crippen molar-refractivity contribution in [1.82, 2.24) is 19.3 Å². The summed E-state index contributed by atoms with van der Waals surface area (Å²) in [6.45, 7) is 2.95. The highest BCUT2D eigenvalue weighted by molar-refractivity contribution is 6.33. The topological polar surface area (TPSA) is 106 Å². The first-order valence-corrected chi connectivity index (χ1v) is 13.4. The minimum absolute atomic E-state index is 0.263. The predicted molar refractivity (Wildman–Crippen MR) is 155 cm³/mol. The van der Waals surface area contributed by atoms with Crippen LogP contribution in [-0.2, 0) is 0 Å². The van der Waals surface area contributed by atoms with Gasteiger partial charge in [0.1, 0.15) is 11.2 Å². The number of hydrogen-bond acceptors (Lipinski definition) is 6. The van der Waals surface area contributed by atoms with E-state index in [4.69, 9.17) is 16.6 Å². The van der Waals surface area contributed by atoms with Crippen LogP contribution in [0.2, 0.25) is 5.02 Å². The number of carboxylic acids is 1. The molecule has 0 bridgehead atoms. The van der Waals surface area contributed by atoms with Gasteiger partial charge in [-0.15, -0.1) is 0 Å². The van der Waals surface area contributed by atoms with Crippen LogP contribution in [0.3, 0.4) is 0 Å². The van der Waals surface area contributed by atoms with Crippen LogP contribution in [0.1, 0.15) is 16.8 Å². The van der Waals surface area contributed by atoms with Crippen molar-refractivity contribution in [2.45, 2.75) is 12.5 Å². The van der Waals surface area contributed by atoms with Crippen LogP contribution in [0.15, 0.2) is 53.6 Å². The van der Waals surface area contributed by atoms with Gasteiger partial charge in [0, 0.05) is 72.2 Å². The lowest BCUT2D eigenvalue weighted by molar-refractivity contribution is 0.0694. The maximum Gasteiger partial charge on any atom is 0.341 e. The Bertz CT molecular complexity index is 1880. The fourth-order valence-corrected chi connectivity index (χ4v) is 6.80. The van der Waals surface area contributed by atoms with E-state index >= 15 is 0 Å². The van der Waals surface area contributed by atoms with E-state index < -0.39 is 11.5 Å². The number of aromatic nitrogens is 3. The van der Waals surface area contributed by atoms with E-state index in [1.165, 1.54) is 10.5 Å². The lowest BCUT2D eigenvalue weighted by Gasteiger charge is -2.29. The third kappa shape index (κ3) is 3.60. The van der Waals surface area contributed by atoms with Crippen molar-refractivity contribution in [3.05, 3.63) is 69.7 Å². The van der Waals surface area contributed by atoms with Gasteiger partial charge >= 0.3 is 5.97 Å². The molecule has 2 fully saturated rings. The summed E-state index contributed by atoms with van der Waals surface area (Å²) >= 11 is 6.58. The van der Waals surface area contributed by atoms with Crippen LogP contribution in [0.4, 0.5) is 11.4 Å². The minimum atomic E-state index is -1.24. The Kier molecular flexibility index (Phi) is 5.37. The van der Waals surface area contributed by atoms with E-state index in [0.29, 0.717) is 22.5 Å². The van der Waals surface area contributed by atoms with Crippen LogP contribution in [-0.4, -0.2) is 70.1 Å². The zero-order chi connectivity index (χ0) is 27.0. The van der Waals surface area contributed by atoms with Gasteiger partial charge in [-0.1, -0.05) is 17.7 Å². The smallest absolute Gasteiger partial charge is 0.341 e. The molecule has 0 spiro atoms. The van der Waals surface area contributed by atoms with E-state index in [0.717, 1.165) is 70.5 Å². The normalized spacial score (nSPS) is 19.4. The second-order valence-electron chi connectivity index (χ2n) is 10.6. The number of halogens is 1. The van der Waals surface area contributed by atoms with E-state index in [1.807, 2.05) is 37.5 Å². The number of likely N-dealkylation sites (tertiary alicyclic amines) is 1. The fraction of sp³-hybridized carbons (Fsp3) is 0.276. The van der Waals surface area contributed by atoms with Gasteiger partial charge in [-0.05, 0) is 49.7 Å². The monoisotopic (exact) mass is 542 g/mol. The number of benzene rings is 1. The zero-order valence-corrected chi connectivity index (χ0v) is 22.3. The molecular formula is C29H27ClN6O3. The van der Waals surface area contributed by atoms with Crippen LogP contribution in [0.5, 0.6) is 0 Å². The summed E-state index contributed by atoms with van der Waals surface area (Å²) in [6, 6.07) is 11.0. The van der Waals surface area contributed by atoms with Gasteiger partial charge in [-0.2, -0.15) is 0 Å². The number of aromatic carboxylic acids is 1. The summed E-state index contributed by atoms with van der Waals surface area (Å²) < 4.78 is 1.41. The van der Waals surface area contributed by atoms with E-state index in [9.17, 15) is 14.7 Å². The lowest BCUT2D eigenvalue weighted by atomic mass is 10.0. The number of likely N-dealkylation sites (N-methyl/N-ethyl adjacent to an activating group) is 1. The maximum absolute atomic E-state index is 13.1. The highest BCUT2D eigenvalue weighted by Crippen LogP contribution is 2.46. The summed E-state index contributed by atoms with van der Waals surface area (Å²) in [6.07, 6.45) is 4.68. The molecule has 2 atom stereocenters. The van der Waals surface area contributed by atoms with E-state index in [1.54, 1.807) is 12.3 Å². The molecule has 4 aromatic heterocycles. The van der Waals surface area contributed by atoms with Gasteiger partial charge < -0.3 is 25.2 Å². The van der Waals surface area contributed by atoms with Crippen molar-refractivity contribution in [2.75, 3.05) is 43.9 Å². The molecule has 2 aliphatic rings. The van der Waals surface area contributed by atoms with E-state index in [-0.39, 0.29) is 5.56 Å². The number of fused-ring (bicyclic) bond motifs is 5. The molecule has 0 radical (unpaired) electrons. The summed E-state index contributed by atoms with van der Waals surface area (Å²) in [5.74, 6) is -0.668. The number of nitrogens with one attached hydrogen (secondary N) is 2. The quantitative estimate of drug-likeness (QED) is 0.306. The second kappa shape index (κ2) is 8.72. The van der Waals surface area contributed by atoms with Crippen molar-refractivity contribution in [3.8, 4) is 11.1 Å². The second-order valence-corrected chi connectivity index (χ2v) is 11.0. The van der Waals surface area contributed by atoms with Crippen LogP contribution in [0.25, 0.3) is 38.6 Å². The SMILES string of the molecule is CNc1cc(Cl)cc2c1[nH]c1ncc(-c3ccc4ccc(C(=O)O)c(=O)n4c3)c(N3CC[C@@H]4CN(C)C[C@@H]43)c12. The Hall–Kier alpha value is -4.08. The molecule has 5 aromatic rings. The Morgan fingerprint density at radius 2 is 2.03 bits per heavy atom. The molecule has 0 saturated carbocycles. The highest BCUT2D eigenvalue weighted by Gasteiger charge is 2.41. The molecule has 39 heavy (non-hydrogen) atoms. The summed E-state index contributed by atoms with van der Waals surface area (Å²) in [5, 5.41) is 15.4. The van der Waals surface area contributed by atoms with Gasteiger partial charge in [0.25, 0.3) is 5.56 Å². The van der Waals surface area contributed by atoms with Gasteiger partial charge in [0.15, 0.2) is 0 Å². The number of carbonyl (C=O) groups is 1. The van der Waals surface area contributed by atoms with Crippen LogP contribution >= 0.6 is 11.6 Å². The first kappa shape index (κ1) is 24.0. The van der Waals surface area contributed by atoms with Crippen molar-refractivity contribution in [1.29, 1.82) is 0 Å². The Morgan fingerprint density at radius 3 is 2.82 bits per heavy atom. The van der Waals surface area contributed by atoms with Crippen molar-refractivity contribution in [3.63, 3.8) is 0 Å². The molecule has 0 unspecified atom stereocenters. The molecule has 10 heteroatoms. The third-order valence-corrected chi connectivity index (χ3v) is 8.56. The number of hydrogen-bond donors (Lipinski definition) is 3. The van der Waals surface area contributed by atoms with Crippen molar-refractivity contribution < 1.29 is 9.90 Å². The Morgan fingerprint density at radius 1 is 1.21 bits per heavy atom. The molecule has 2 saturated heterocycles. The van der Waals surface area contributed by atoms with Gasteiger partial charge in [-0.25, -0.2) is 9.78 Å². The summed E-state index contributed by atoms with van der Waals surface area (Å²) in [7, 11) is 4.04. The molecule has 1 aromatic carbocycles. The number of H-pyrrole nitrogens is 1. The lowest BCUT2D eigenvalue weighted by Crippen LogP contribution is -2.35. The number of anilines is 2. The molecule has 198 valence electrons. The minimum Gasteiger partial charge on any atom is -0.477 e. The third-order valence-electron chi connectivity index (χ3n) is 8.35. The number of pyridine rings is 3. The molecule has 0 aliphatic carbocycles. The Balaban J connectivity index is 1.54. The first-order valence-electron chi connectivity index (χ1n) is 13.0. The number of carboxylic acid groups (broad SMARTS) is 1. The van der Waals surface area contributed by atoms with Crippen LogP contribution < -0.4 is 15.8 Å². The standard InChI is InChI=1S/C29H27ClN6O3/c1-31-22-10-17(30)9-20-24-26(35-8-7-16-12-34(2)14-23(16)35)21(11-32-27(24)33-25(20)22)15-3-4-18-5-6-19(29(38)39)28(37)36(18)13-15/h3-6,9-11,13,16,23,31H,7-8,12,14H2,1-2H3,(H,32,33)(H,38,39)/t16-,23+/m1/s1. The molecule has 9 nitrogen and oxygen atoms in total. The average Bonchev–Trinajstić information content (AvgIpc) is 3.59. The summed E-state index contributed by atoms with van der Waals surface area (Å²) in [5.41, 5.74) is 5.12. The van der Waals surface area contributed by atoms with Gasteiger partial charge in [0.2, 0.25) is 0 Å². The Labute approximate surface area is 228 Å². The number of aromatic amines is 1. The largest absolute Gasteiger partial charge is 0.477 e. The number of nitrogens with zero attached hydrogens (tertiary/aromatic N) is 4. The van der Waals surface area contributed by atoms with Gasteiger partial charge in [-0.3, -0.25) is 9.20 Å². The number of rotatable bonds is 4. The molecule has 3 N–H and O–H groups in total. The summed E-state index contributed by atoms with van der Waals surface area (Å²) in [4.78, 5) is 37.9. The zero-order valence-electron chi connectivity index (χ0n) is 21.5. The average molecular weight is 543 g/mol. The first-order chi connectivity index (χ1) is 18.8. The van der Waals surface area contributed by atoms with Crippen molar-refractivity contribution in [2.24, 2.45) is 5.92 Å². The molecule has 2 aliphatic heterocycles. The van der Waals surface area contributed by atoms with Crippen LogP contribution in [0, 0.1) is 5.92 Å². The van der Waals surface area contributed by atoms with E-state index in [2.05, 4.69) is 27.1 Å².